The molecule has 0 saturated carbocycles. The molecule has 0 spiro atoms. The van der Waals surface area contributed by atoms with Gasteiger partial charge in [0.15, 0.2) is 0 Å². The molecule has 2 N–H and O–H groups in total. The summed E-state index contributed by atoms with van der Waals surface area (Å²) in [5, 5.41) is 12.2. The van der Waals surface area contributed by atoms with E-state index in [0.29, 0.717) is 25.5 Å². The third-order valence-corrected chi connectivity index (χ3v) is 2.85. The number of nitrogens with one attached hydrogen (secondary N) is 1. The van der Waals surface area contributed by atoms with Crippen molar-refractivity contribution in [3.05, 3.63) is 42.5 Å². The van der Waals surface area contributed by atoms with Crippen LogP contribution >= 0.6 is 0 Å². The Kier molecular flexibility index (Phi) is 6.81. The van der Waals surface area contributed by atoms with Gasteiger partial charge in [-0.25, -0.2) is 0 Å². The van der Waals surface area contributed by atoms with Crippen molar-refractivity contribution < 1.29 is 14.6 Å². The maximum absolute atomic E-state index is 11.1. The Morgan fingerprint density at radius 1 is 1.40 bits per heavy atom. The molecular weight excluding hydrogens is 254 g/mol. The van der Waals surface area contributed by atoms with Crippen molar-refractivity contribution in [2.24, 2.45) is 5.92 Å². The normalized spacial score (nSPS) is 12.2. The summed E-state index contributed by atoms with van der Waals surface area (Å²) in [6.45, 7) is 8.64. The lowest BCUT2D eigenvalue weighted by Gasteiger charge is -2.16. The average molecular weight is 277 g/mol. The largest absolute Gasteiger partial charge is 0.490 e. The van der Waals surface area contributed by atoms with Gasteiger partial charge in [-0.3, -0.25) is 4.79 Å². The lowest BCUT2D eigenvalue weighted by Crippen LogP contribution is -2.37. The van der Waals surface area contributed by atoms with Gasteiger partial charge in [0.2, 0.25) is 0 Å². The minimum Gasteiger partial charge on any atom is -0.490 e. The first-order chi connectivity index (χ1) is 9.52. The molecule has 1 aromatic carbocycles. The SMILES string of the molecule is C=CCOc1ccc(CNC(CC(C)C)C(=O)O)cc1. The Morgan fingerprint density at radius 2 is 2.05 bits per heavy atom. The van der Waals surface area contributed by atoms with E-state index in [2.05, 4.69) is 11.9 Å². The Bertz CT molecular complexity index is 426. The molecule has 0 aromatic heterocycles. The van der Waals surface area contributed by atoms with Crippen LogP contribution in [0, 0.1) is 5.92 Å². The summed E-state index contributed by atoms with van der Waals surface area (Å²) < 4.78 is 5.39. The summed E-state index contributed by atoms with van der Waals surface area (Å²) in [5.41, 5.74) is 1.03. The second-order valence-electron chi connectivity index (χ2n) is 5.14. The molecule has 0 radical (unpaired) electrons. The van der Waals surface area contributed by atoms with Crippen molar-refractivity contribution in [1.29, 1.82) is 0 Å². The molecule has 0 fully saturated rings. The number of benzene rings is 1. The fourth-order valence-corrected chi connectivity index (χ4v) is 1.84. The van der Waals surface area contributed by atoms with Crippen LogP contribution in [0.25, 0.3) is 0 Å². The summed E-state index contributed by atoms with van der Waals surface area (Å²) in [6.07, 6.45) is 2.31. The van der Waals surface area contributed by atoms with E-state index >= 15 is 0 Å². The zero-order valence-corrected chi connectivity index (χ0v) is 12.1. The molecule has 0 heterocycles. The summed E-state index contributed by atoms with van der Waals surface area (Å²) in [4.78, 5) is 11.1. The first-order valence-electron chi connectivity index (χ1n) is 6.81. The molecule has 110 valence electrons. The van der Waals surface area contributed by atoms with E-state index in [-0.39, 0.29) is 0 Å². The lowest BCUT2D eigenvalue weighted by molar-refractivity contribution is -0.140. The number of ether oxygens (including phenoxy) is 1. The molecule has 0 aliphatic heterocycles. The zero-order chi connectivity index (χ0) is 15.0. The quantitative estimate of drug-likeness (QED) is 0.681. The van der Waals surface area contributed by atoms with E-state index in [1.54, 1.807) is 6.08 Å². The molecule has 0 aliphatic rings. The number of carboxylic acid groups (broad SMARTS) is 1. The van der Waals surface area contributed by atoms with Gasteiger partial charge in [0.25, 0.3) is 0 Å². The summed E-state index contributed by atoms with van der Waals surface area (Å²) in [5.74, 6) is 0.327. The van der Waals surface area contributed by atoms with Crippen LogP contribution in [0.5, 0.6) is 5.75 Å². The summed E-state index contributed by atoms with van der Waals surface area (Å²) >= 11 is 0. The van der Waals surface area contributed by atoms with Gasteiger partial charge >= 0.3 is 5.97 Å². The van der Waals surface area contributed by atoms with E-state index in [4.69, 9.17) is 9.84 Å². The van der Waals surface area contributed by atoms with Crippen molar-refractivity contribution >= 4 is 5.97 Å². The van der Waals surface area contributed by atoms with Crippen molar-refractivity contribution in [2.45, 2.75) is 32.9 Å². The molecule has 0 bridgehead atoms. The highest BCUT2D eigenvalue weighted by atomic mass is 16.5. The van der Waals surface area contributed by atoms with Gasteiger partial charge in [0.1, 0.15) is 18.4 Å². The maximum Gasteiger partial charge on any atom is 0.320 e. The van der Waals surface area contributed by atoms with E-state index in [1.807, 2.05) is 38.1 Å². The fraction of sp³-hybridized carbons (Fsp3) is 0.438. The molecule has 1 aromatic rings. The van der Waals surface area contributed by atoms with Crippen LogP contribution < -0.4 is 10.1 Å². The molecule has 0 saturated heterocycles. The molecule has 1 unspecified atom stereocenters. The van der Waals surface area contributed by atoms with Crippen molar-refractivity contribution in [3.63, 3.8) is 0 Å². The molecule has 4 heteroatoms. The van der Waals surface area contributed by atoms with Crippen LogP contribution in [0.1, 0.15) is 25.8 Å². The molecule has 4 nitrogen and oxygen atoms in total. The van der Waals surface area contributed by atoms with Gasteiger partial charge in [-0.2, -0.15) is 0 Å². The fourth-order valence-electron chi connectivity index (χ4n) is 1.84. The van der Waals surface area contributed by atoms with Crippen LogP contribution in [-0.4, -0.2) is 23.7 Å². The van der Waals surface area contributed by atoms with Crippen LogP contribution in [0.4, 0.5) is 0 Å². The van der Waals surface area contributed by atoms with Crippen molar-refractivity contribution in [2.75, 3.05) is 6.61 Å². The van der Waals surface area contributed by atoms with Gasteiger partial charge in [-0.1, -0.05) is 38.6 Å². The lowest BCUT2D eigenvalue weighted by atomic mass is 10.0. The molecule has 1 rings (SSSR count). The molecular formula is C16H23NO3. The van der Waals surface area contributed by atoms with Crippen LogP contribution in [0.3, 0.4) is 0 Å². The first-order valence-corrected chi connectivity index (χ1v) is 6.81. The third-order valence-electron chi connectivity index (χ3n) is 2.85. The third kappa shape index (κ3) is 5.89. The van der Waals surface area contributed by atoms with Crippen LogP contribution in [0.15, 0.2) is 36.9 Å². The Labute approximate surface area is 120 Å². The minimum atomic E-state index is -0.801. The van der Waals surface area contributed by atoms with E-state index in [1.165, 1.54) is 0 Å². The Morgan fingerprint density at radius 3 is 2.55 bits per heavy atom. The molecule has 20 heavy (non-hydrogen) atoms. The van der Waals surface area contributed by atoms with E-state index < -0.39 is 12.0 Å². The maximum atomic E-state index is 11.1. The number of rotatable bonds is 9. The minimum absolute atomic E-state index is 0.346. The first kappa shape index (κ1) is 16.2. The Balaban J connectivity index is 2.50. The standard InChI is InChI=1S/C16H23NO3/c1-4-9-20-14-7-5-13(6-8-14)11-17-15(16(18)19)10-12(2)3/h4-8,12,15,17H,1,9-11H2,2-3H3,(H,18,19). The second kappa shape index (κ2) is 8.38. The van der Waals surface area contributed by atoms with Gasteiger partial charge in [0.05, 0.1) is 0 Å². The van der Waals surface area contributed by atoms with Gasteiger partial charge in [0, 0.05) is 6.54 Å². The van der Waals surface area contributed by atoms with Gasteiger partial charge in [-0.05, 0) is 30.0 Å². The van der Waals surface area contributed by atoms with Crippen LogP contribution in [-0.2, 0) is 11.3 Å². The van der Waals surface area contributed by atoms with Crippen molar-refractivity contribution in [1.82, 2.24) is 5.32 Å². The number of hydrogen-bond donors (Lipinski definition) is 2. The van der Waals surface area contributed by atoms with Crippen LogP contribution in [0.2, 0.25) is 0 Å². The summed E-state index contributed by atoms with van der Waals surface area (Å²) in [7, 11) is 0. The highest BCUT2D eigenvalue weighted by Gasteiger charge is 2.17. The number of aliphatic carboxylic acids is 1. The van der Waals surface area contributed by atoms with Crippen molar-refractivity contribution in [3.8, 4) is 5.75 Å². The monoisotopic (exact) mass is 277 g/mol. The number of carboxylic acids is 1. The molecule has 0 amide bonds. The second-order valence-corrected chi connectivity index (χ2v) is 5.14. The van der Waals surface area contributed by atoms with E-state index in [0.717, 1.165) is 11.3 Å². The van der Waals surface area contributed by atoms with Gasteiger partial charge in [-0.15, -0.1) is 0 Å². The molecule has 1 atom stereocenters. The zero-order valence-electron chi connectivity index (χ0n) is 12.1. The molecule has 0 aliphatic carbocycles. The van der Waals surface area contributed by atoms with Gasteiger partial charge < -0.3 is 15.2 Å². The topological polar surface area (TPSA) is 58.6 Å². The predicted molar refractivity (Wildman–Crippen MR) is 79.9 cm³/mol. The Hall–Kier alpha value is -1.81. The average Bonchev–Trinajstić information content (AvgIpc) is 2.41. The highest BCUT2D eigenvalue weighted by molar-refractivity contribution is 5.73. The number of carbonyl (C=O) groups is 1. The predicted octanol–water partition coefficient (Wildman–Crippen LogP) is 2.84. The highest BCUT2D eigenvalue weighted by Crippen LogP contribution is 2.13. The van der Waals surface area contributed by atoms with E-state index in [9.17, 15) is 4.79 Å². The smallest absolute Gasteiger partial charge is 0.320 e. The number of hydrogen-bond acceptors (Lipinski definition) is 3. The summed E-state index contributed by atoms with van der Waals surface area (Å²) in [6, 6.07) is 7.10.